The fourth-order valence-electron chi connectivity index (χ4n) is 0.874. The van der Waals surface area contributed by atoms with E-state index in [1.807, 2.05) is 6.92 Å². The monoisotopic (exact) mass is 170 g/mol. The third kappa shape index (κ3) is 2.34. The highest BCUT2D eigenvalue weighted by atomic mass is 16.5. The van der Waals surface area contributed by atoms with Crippen LogP contribution in [0.2, 0.25) is 0 Å². The fourth-order valence-corrected chi connectivity index (χ4v) is 0.874. The van der Waals surface area contributed by atoms with Gasteiger partial charge in [-0.05, 0) is 6.42 Å². The zero-order valence-corrected chi connectivity index (χ0v) is 6.73. The van der Waals surface area contributed by atoms with Gasteiger partial charge in [0.2, 0.25) is 0 Å². The molecule has 1 unspecified atom stereocenters. The summed E-state index contributed by atoms with van der Waals surface area (Å²) in [5, 5.41) is 15.2. The number of carboxylic acid groups (broad SMARTS) is 1. The molecule has 0 amide bonds. The number of carboxylic acids is 1. The van der Waals surface area contributed by atoms with Gasteiger partial charge in [-0.2, -0.15) is 0 Å². The Balaban J connectivity index is 2.39. The van der Waals surface area contributed by atoms with Gasteiger partial charge in [0.15, 0.2) is 5.76 Å². The largest absolute Gasteiger partial charge is 0.481 e. The molecule has 1 N–H and O–H groups in total. The molecule has 12 heavy (non-hydrogen) atoms. The average molecular weight is 170 g/mol. The lowest BCUT2D eigenvalue weighted by molar-refractivity contribution is -0.137. The van der Waals surface area contributed by atoms with E-state index in [-0.39, 0.29) is 12.3 Å². The van der Waals surface area contributed by atoms with Crippen molar-refractivity contribution in [3.8, 4) is 0 Å². The van der Waals surface area contributed by atoms with Crippen molar-refractivity contribution in [2.24, 2.45) is 0 Å². The highest BCUT2D eigenvalue weighted by Crippen LogP contribution is 2.18. The molecule has 0 aliphatic heterocycles. The zero-order chi connectivity index (χ0) is 8.97. The first kappa shape index (κ1) is 8.70. The molecule has 1 rings (SSSR count). The van der Waals surface area contributed by atoms with Crippen LogP contribution in [0.25, 0.3) is 0 Å². The molecule has 66 valence electrons. The number of rotatable bonds is 4. The number of aromatic nitrogens is 2. The van der Waals surface area contributed by atoms with E-state index in [0.717, 1.165) is 0 Å². The number of carbonyl (C=O) groups is 1. The van der Waals surface area contributed by atoms with E-state index in [1.165, 1.54) is 6.20 Å². The maximum Gasteiger partial charge on any atom is 0.303 e. The molecular weight excluding hydrogens is 160 g/mol. The lowest BCUT2D eigenvalue weighted by atomic mass is 10.0. The molecule has 0 fully saturated rings. The van der Waals surface area contributed by atoms with Gasteiger partial charge in [0.1, 0.15) is 0 Å². The van der Waals surface area contributed by atoms with Crippen LogP contribution in [0.5, 0.6) is 0 Å². The van der Waals surface area contributed by atoms with E-state index in [4.69, 9.17) is 9.63 Å². The van der Waals surface area contributed by atoms with Gasteiger partial charge in [0.25, 0.3) is 0 Å². The van der Waals surface area contributed by atoms with E-state index in [0.29, 0.717) is 12.2 Å². The summed E-state index contributed by atoms with van der Waals surface area (Å²) in [7, 11) is 0. The minimum absolute atomic E-state index is 0.0658. The number of aliphatic carboxylic acids is 1. The minimum Gasteiger partial charge on any atom is -0.481 e. The normalized spacial score (nSPS) is 12.8. The number of nitrogens with zero attached hydrogens (tertiary/aromatic N) is 2. The van der Waals surface area contributed by atoms with Crippen molar-refractivity contribution < 1.29 is 14.4 Å². The van der Waals surface area contributed by atoms with Crippen LogP contribution < -0.4 is 0 Å². The van der Waals surface area contributed by atoms with Gasteiger partial charge in [-0.1, -0.05) is 6.92 Å². The van der Waals surface area contributed by atoms with E-state index in [2.05, 4.69) is 10.4 Å². The van der Waals surface area contributed by atoms with E-state index < -0.39 is 5.97 Å². The van der Waals surface area contributed by atoms with Crippen LogP contribution in [0.1, 0.15) is 31.4 Å². The molecule has 0 radical (unpaired) electrons. The first-order chi connectivity index (χ1) is 5.70. The molecule has 5 nitrogen and oxygen atoms in total. The van der Waals surface area contributed by atoms with Crippen molar-refractivity contribution in [2.75, 3.05) is 0 Å². The van der Waals surface area contributed by atoms with Crippen LogP contribution in [-0.2, 0) is 4.79 Å². The summed E-state index contributed by atoms with van der Waals surface area (Å²) in [5.41, 5.74) is 0. The van der Waals surface area contributed by atoms with E-state index in [9.17, 15) is 4.79 Å². The van der Waals surface area contributed by atoms with Gasteiger partial charge in [-0.15, -0.1) is 5.10 Å². The van der Waals surface area contributed by atoms with E-state index in [1.54, 1.807) is 0 Å². The molecule has 0 bridgehead atoms. The maximum atomic E-state index is 10.2. The third-order valence-electron chi connectivity index (χ3n) is 1.66. The van der Waals surface area contributed by atoms with Gasteiger partial charge < -0.3 is 9.63 Å². The van der Waals surface area contributed by atoms with Gasteiger partial charge in [0.05, 0.1) is 6.20 Å². The van der Waals surface area contributed by atoms with Crippen LogP contribution in [0.4, 0.5) is 0 Å². The summed E-state index contributed by atoms with van der Waals surface area (Å²) in [6.45, 7) is 1.88. The van der Waals surface area contributed by atoms with Crippen LogP contribution >= 0.6 is 0 Å². The molecule has 0 aromatic carbocycles. The molecular formula is C7H10N2O3. The lowest BCUT2D eigenvalue weighted by Gasteiger charge is -2.02. The Hall–Kier alpha value is -1.39. The molecule has 1 heterocycles. The van der Waals surface area contributed by atoms with Crippen LogP contribution in [0, 0.1) is 0 Å². The first-order valence-corrected chi connectivity index (χ1v) is 3.69. The van der Waals surface area contributed by atoms with Crippen LogP contribution in [0.15, 0.2) is 10.7 Å². The van der Waals surface area contributed by atoms with Gasteiger partial charge in [-0.3, -0.25) is 4.79 Å². The van der Waals surface area contributed by atoms with Crippen molar-refractivity contribution in [2.45, 2.75) is 25.7 Å². The molecule has 0 spiro atoms. The van der Waals surface area contributed by atoms with Crippen LogP contribution in [-0.4, -0.2) is 21.4 Å². The Bertz CT molecular complexity index is 245. The Kier molecular flexibility index (Phi) is 2.79. The predicted octanol–water partition coefficient (Wildman–Crippen LogP) is 1.04. The summed E-state index contributed by atoms with van der Waals surface area (Å²) in [5.74, 6) is -0.0957. The highest BCUT2D eigenvalue weighted by molar-refractivity contribution is 5.66. The standard InChI is InChI=1S/C7H10N2O3/c1-5(2-3-7(10)11)6-4-8-9-12-6/h4-5H,2-3H2,1H3,(H,10,11). The second kappa shape index (κ2) is 3.85. The lowest BCUT2D eigenvalue weighted by Crippen LogP contribution is -1.99. The van der Waals surface area contributed by atoms with Gasteiger partial charge in [-0.25, -0.2) is 0 Å². The predicted molar refractivity (Wildman–Crippen MR) is 39.6 cm³/mol. The number of hydrogen-bond donors (Lipinski definition) is 1. The quantitative estimate of drug-likeness (QED) is 0.730. The van der Waals surface area contributed by atoms with Crippen molar-refractivity contribution in [3.63, 3.8) is 0 Å². The Morgan fingerprint density at radius 3 is 3.08 bits per heavy atom. The Morgan fingerprint density at radius 1 is 1.83 bits per heavy atom. The van der Waals surface area contributed by atoms with E-state index >= 15 is 0 Å². The Labute approximate surface area is 69.4 Å². The maximum absolute atomic E-state index is 10.2. The highest BCUT2D eigenvalue weighted by Gasteiger charge is 2.11. The molecule has 1 atom stereocenters. The number of hydrogen-bond acceptors (Lipinski definition) is 4. The van der Waals surface area contributed by atoms with Gasteiger partial charge >= 0.3 is 5.97 Å². The fraction of sp³-hybridized carbons (Fsp3) is 0.571. The van der Waals surface area contributed by atoms with Crippen molar-refractivity contribution >= 4 is 5.97 Å². The summed E-state index contributed by atoms with van der Waals surface area (Å²) in [4.78, 5) is 10.2. The molecule has 0 saturated carbocycles. The molecule has 0 saturated heterocycles. The topological polar surface area (TPSA) is 76.2 Å². The minimum atomic E-state index is -0.797. The van der Waals surface area contributed by atoms with Crippen molar-refractivity contribution in [1.82, 2.24) is 10.4 Å². The summed E-state index contributed by atoms with van der Waals surface area (Å²) >= 11 is 0. The first-order valence-electron chi connectivity index (χ1n) is 3.69. The molecule has 0 aliphatic carbocycles. The zero-order valence-electron chi connectivity index (χ0n) is 6.73. The molecule has 1 aromatic rings. The van der Waals surface area contributed by atoms with Crippen molar-refractivity contribution in [1.29, 1.82) is 0 Å². The average Bonchev–Trinajstić information content (AvgIpc) is 2.51. The Morgan fingerprint density at radius 2 is 2.58 bits per heavy atom. The molecule has 1 aromatic heterocycles. The summed E-state index contributed by atoms with van der Waals surface area (Å²) in [6, 6.07) is 0. The SMILES string of the molecule is CC(CCC(=O)O)c1cnno1. The summed E-state index contributed by atoms with van der Waals surface area (Å²) < 4.78 is 4.77. The third-order valence-corrected chi connectivity index (χ3v) is 1.66. The summed E-state index contributed by atoms with van der Waals surface area (Å²) in [6.07, 6.45) is 2.20. The second-order valence-electron chi connectivity index (χ2n) is 2.65. The molecule has 0 aliphatic rings. The molecule has 5 heteroatoms. The van der Waals surface area contributed by atoms with Crippen LogP contribution in [0.3, 0.4) is 0 Å². The van der Waals surface area contributed by atoms with Crippen molar-refractivity contribution in [3.05, 3.63) is 12.0 Å². The van der Waals surface area contributed by atoms with Gasteiger partial charge in [0, 0.05) is 17.6 Å². The smallest absolute Gasteiger partial charge is 0.303 e. The second-order valence-corrected chi connectivity index (χ2v) is 2.65.